The largest absolute Gasteiger partial charge is 0.481 e. The predicted molar refractivity (Wildman–Crippen MR) is 67.7 cm³/mol. The highest BCUT2D eigenvalue weighted by Gasteiger charge is 2.10. The molecule has 0 aliphatic rings. The molecule has 0 fully saturated rings. The average Bonchev–Trinajstić information content (AvgIpc) is 2.28. The third-order valence-electron chi connectivity index (χ3n) is 2.27. The van der Waals surface area contributed by atoms with Crippen molar-refractivity contribution < 1.29 is 14.6 Å². The van der Waals surface area contributed by atoms with E-state index in [0.717, 1.165) is 0 Å². The zero-order valence-corrected chi connectivity index (χ0v) is 10.9. The molecule has 6 heteroatoms. The third kappa shape index (κ3) is 4.99. The van der Waals surface area contributed by atoms with Crippen molar-refractivity contribution in [3.05, 3.63) is 12.4 Å². The molecule has 0 radical (unpaired) electrons. The molecular weight excluding hydrogens is 234 g/mol. The molecule has 0 amide bonds. The zero-order valence-electron chi connectivity index (χ0n) is 10.9. The summed E-state index contributed by atoms with van der Waals surface area (Å²) in [4.78, 5) is 18.9. The minimum Gasteiger partial charge on any atom is -0.481 e. The molecule has 1 atom stereocenters. The Kier molecular flexibility index (Phi) is 5.35. The van der Waals surface area contributed by atoms with Gasteiger partial charge in [0, 0.05) is 6.54 Å². The molecule has 2 N–H and O–H groups in total. The maximum atomic E-state index is 10.6. The maximum absolute atomic E-state index is 10.6. The van der Waals surface area contributed by atoms with Gasteiger partial charge in [0.2, 0.25) is 5.88 Å². The van der Waals surface area contributed by atoms with E-state index in [1.165, 1.54) is 0 Å². The van der Waals surface area contributed by atoms with Crippen molar-refractivity contribution in [3.63, 3.8) is 0 Å². The standard InChI is InChI=1S/C12H19N3O3/c1-8(2)18-11-7-13-6-10(15-11)14-5-4-9(3)12(16)17/h6-9H,4-5H2,1-3H3,(H,14,15)(H,16,17). The Bertz CT molecular complexity index is 396. The highest BCUT2D eigenvalue weighted by atomic mass is 16.5. The van der Waals surface area contributed by atoms with Gasteiger partial charge in [0.1, 0.15) is 5.82 Å². The second-order valence-corrected chi connectivity index (χ2v) is 4.36. The lowest BCUT2D eigenvalue weighted by molar-refractivity contribution is -0.141. The normalized spacial score (nSPS) is 12.2. The van der Waals surface area contributed by atoms with Gasteiger partial charge in [0.05, 0.1) is 24.4 Å². The summed E-state index contributed by atoms with van der Waals surface area (Å²) in [5.74, 6) is -0.118. The fourth-order valence-corrected chi connectivity index (χ4v) is 1.27. The van der Waals surface area contributed by atoms with Crippen molar-refractivity contribution in [2.45, 2.75) is 33.3 Å². The molecule has 0 bridgehead atoms. The summed E-state index contributed by atoms with van der Waals surface area (Å²) in [7, 11) is 0. The number of nitrogens with zero attached hydrogens (tertiary/aromatic N) is 2. The van der Waals surface area contributed by atoms with Crippen LogP contribution in [0.25, 0.3) is 0 Å². The number of rotatable bonds is 7. The minimum absolute atomic E-state index is 0.0431. The number of aromatic nitrogens is 2. The molecule has 1 aromatic heterocycles. The summed E-state index contributed by atoms with van der Waals surface area (Å²) < 4.78 is 5.41. The van der Waals surface area contributed by atoms with E-state index in [0.29, 0.717) is 24.7 Å². The second-order valence-electron chi connectivity index (χ2n) is 4.36. The van der Waals surface area contributed by atoms with E-state index in [-0.39, 0.29) is 12.0 Å². The quantitative estimate of drug-likeness (QED) is 0.770. The molecule has 1 unspecified atom stereocenters. The van der Waals surface area contributed by atoms with E-state index in [9.17, 15) is 4.79 Å². The van der Waals surface area contributed by atoms with Crippen LogP contribution in [-0.4, -0.2) is 33.7 Å². The lowest BCUT2D eigenvalue weighted by atomic mass is 10.1. The first-order valence-corrected chi connectivity index (χ1v) is 5.94. The van der Waals surface area contributed by atoms with Crippen LogP contribution >= 0.6 is 0 Å². The molecule has 0 spiro atoms. The van der Waals surface area contributed by atoms with Crippen LogP contribution in [0.2, 0.25) is 0 Å². The lowest BCUT2D eigenvalue weighted by Gasteiger charge is -2.11. The molecule has 18 heavy (non-hydrogen) atoms. The number of hydrogen-bond donors (Lipinski definition) is 2. The zero-order chi connectivity index (χ0) is 13.5. The molecule has 1 rings (SSSR count). The fraction of sp³-hybridized carbons (Fsp3) is 0.583. The van der Waals surface area contributed by atoms with E-state index in [1.54, 1.807) is 19.3 Å². The molecule has 0 aliphatic heterocycles. The van der Waals surface area contributed by atoms with Crippen molar-refractivity contribution >= 4 is 11.8 Å². The summed E-state index contributed by atoms with van der Waals surface area (Å²) >= 11 is 0. The van der Waals surface area contributed by atoms with Crippen LogP contribution in [0.1, 0.15) is 27.2 Å². The highest BCUT2D eigenvalue weighted by Crippen LogP contribution is 2.11. The summed E-state index contributed by atoms with van der Waals surface area (Å²) in [6.45, 7) is 6.04. The van der Waals surface area contributed by atoms with Crippen LogP contribution in [0.5, 0.6) is 5.88 Å². The van der Waals surface area contributed by atoms with Crippen molar-refractivity contribution in [1.82, 2.24) is 9.97 Å². The third-order valence-corrected chi connectivity index (χ3v) is 2.27. The summed E-state index contributed by atoms with van der Waals surface area (Å²) in [6.07, 6.45) is 3.71. The lowest BCUT2D eigenvalue weighted by Crippen LogP contribution is -2.15. The number of carbonyl (C=O) groups is 1. The van der Waals surface area contributed by atoms with Gasteiger partial charge in [-0.15, -0.1) is 0 Å². The van der Waals surface area contributed by atoms with Gasteiger partial charge in [-0.1, -0.05) is 6.92 Å². The van der Waals surface area contributed by atoms with E-state index < -0.39 is 5.97 Å². The van der Waals surface area contributed by atoms with Gasteiger partial charge >= 0.3 is 5.97 Å². The first kappa shape index (κ1) is 14.2. The van der Waals surface area contributed by atoms with Crippen molar-refractivity contribution in [2.24, 2.45) is 5.92 Å². The first-order chi connectivity index (χ1) is 8.49. The van der Waals surface area contributed by atoms with Crippen molar-refractivity contribution in [1.29, 1.82) is 0 Å². The van der Waals surface area contributed by atoms with Gasteiger partial charge in [-0.3, -0.25) is 9.78 Å². The summed E-state index contributed by atoms with van der Waals surface area (Å²) in [5.41, 5.74) is 0. The number of carboxylic acid groups (broad SMARTS) is 1. The van der Waals surface area contributed by atoms with Gasteiger partial charge in [-0.25, -0.2) is 0 Å². The van der Waals surface area contributed by atoms with Crippen LogP contribution < -0.4 is 10.1 Å². The molecular formula is C12H19N3O3. The molecule has 0 saturated carbocycles. The molecule has 1 aromatic rings. The van der Waals surface area contributed by atoms with Crippen LogP contribution in [0.4, 0.5) is 5.82 Å². The highest BCUT2D eigenvalue weighted by molar-refractivity contribution is 5.69. The summed E-state index contributed by atoms with van der Waals surface area (Å²) in [6, 6.07) is 0. The minimum atomic E-state index is -0.792. The number of hydrogen-bond acceptors (Lipinski definition) is 5. The number of anilines is 1. The Morgan fingerprint density at radius 3 is 2.78 bits per heavy atom. The van der Waals surface area contributed by atoms with Gasteiger partial charge in [-0.05, 0) is 20.3 Å². The smallest absolute Gasteiger partial charge is 0.306 e. The number of carboxylic acids is 1. The van der Waals surface area contributed by atoms with Gasteiger partial charge < -0.3 is 15.2 Å². The number of nitrogens with one attached hydrogen (secondary N) is 1. The maximum Gasteiger partial charge on any atom is 0.306 e. The first-order valence-electron chi connectivity index (χ1n) is 5.94. The average molecular weight is 253 g/mol. The molecule has 6 nitrogen and oxygen atoms in total. The van der Waals surface area contributed by atoms with Crippen LogP contribution in [0.15, 0.2) is 12.4 Å². The number of ether oxygens (including phenoxy) is 1. The van der Waals surface area contributed by atoms with Crippen LogP contribution in [0, 0.1) is 5.92 Å². The van der Waals surface area contributed by atoms with Gasteiger partial charge in [0.25, 0.3) is 0 Å². The van der Waals surface area contributed by atoms with Crippen LogP contribution in [-0.2, 0) is 4.79 Å². The SMILES string of the molecule is CC(C)Oc1cncc(NCCC(C)C(=O)O)n1. The van der Waals surface area contributed by atoms with Crippen LogP contribution in [0.3, 0.4) is 0 Å². The fourth-order valence-electron chi connectivity index (χ4n) is 1.27. The molecule has 0 saturated heterocycles. The van der Waals surface area contributed by atoms with E-state index in [4.69, 9.17) is 9.84 Å². The van der Waals surface area contributed by atoms with Crippen molar-refractivity contribution in [3.8, 4) is 5.88 Å². The van der Waals surface area contributed by atoms with E-state index >= 15 is 0 Å². The Morgan fingerprint density at radius 1 is 1.44 bits per heavy atom. The molecule has 0 aliphatic carbocycles. The molecule has 1 heterocycles. The second kappa shape index (κ2) is 6.78. The van der Waals surface area contributed by atoms with Gasteiger partial charge in [0.15, 0.2) is 0 Å². The Morgan fingerprint density at radius 2 is 2.17 bits per heavy atom. The number of aliphatic carboxylic acids is 1. The Labute approximate surface area is 106 Å². The Hall–Kier alpha value is -1.85. The molecule has 0 aromatic carbocycles. The van der Waals surface area contributed by atoms with Gasteiger partial charge in [-0.2, -0.15) is 4.98 Å². The van der Waals surface area contributed by atoms with E-state index in [2.05, 4.69) is 15.3 Å². The predicted octanol–water partition coefficient (Wildman–Crippen LogP) is 1.79. The van der Waals surface area contributed by atoms with E-state index in [1.807, 2.05) is 13.8 Å². The Balaban J connectivity index is 2.45. The topological polar surface area (TPSA) is 84.3 Å². The molecule has 100 valence electrons. The van der Waals surface area contributed by atoms with Crippen molar-refractivity contribution in [2.75, 3.05) is 11.9 Å². The monoisotopic (exact) mass is 253 g/mol. The summed E-state index contributed by atoms with van der Waals surface area (Å²) in [5, 5.41) is 11.8.